The molecule has 4 rings (SSSR count). The van der Waals surface area contributed by atoms with E-state index in [4.69, 9.17) is 13.0 Å². The van der Waals surface area contributed by atoms with Gasteiger partial charge in [-0.25, -0.2) is 8.42 Å². The zero-order chi connectivity index (χ0) is 27.3. The van der Waals surface area contributed by atoms with Gasteiger partial charge < -0.3 is 4.55 Å². The molecule has 0 saturated heterocycles. The highest BCUT2D eigenvalue weighted by Gasteiger charge is 2.36. The zero-order valence-corrected chi connectivity index (χ0v) is 24.9. The second kappa shape index (κ2) is 15.3. The van der Waals surface area contributed by atoms with Crippen molar-refractivity contribution in [3.8, 4) is 0 Å². The summed E-state index contributed by atoms with van der Waals surface area (Å²) in [5.41, 5.74) is 0. The van der Waals surface area contributed by atoms with E-state index in [1.807, 2.05) is 0 Å². The molecule has 0 unspecified atom stereocenters. The monoisotopic (exact) mass is 564 g/mol. The van der Waals surface area contributed by atoms with Crippen molar-refractivity contribution in [2.45, 2.75) is 25.7 Å². The maximum atomic E-state index is 9.08. The van der Waals surface area contributed by atoms with Gasteiger partial charge in [0.25, 0.3) is 0 Å². The van der Waals surface area contributed by atoms with Crippen LogP contribution in [0.4, 0.5) is 0 Å². The molecule has 4 aromatic rings. The largest absolute Gasteiger partial charge is 0.748 e. The summed E-state index contributed by atoms with van der Waals surface area (Å²) in [7, 11) is -5.51. The molecule has 0 aliphatic rings. The third-order valence-corrected chi connectivity index (χ3v) is 13.2. The van der Waals surface area contributed by atoms with Gasteiger partial charge >= 0.3 is 0 Å². The molecule has 0 aliphatic heterocycles. The average Bonchev–Trinajstić information content (AvgIpc) is 2.93. The molecule has 0 fully saturated rings. The minimum atomic E-state index is -3.92. The topological polar surface area (TPSA) is 57.2 Å². The predicted molar refractivity (Wildman–Crippen MR) is 168 cm³/mol. The van der Waals surface area contributed by atoms with E-state index < -0.39 is 17.4 Å². The summed E-state index contributed by atoms with van der Waals surface area (Å²) in [5.74, 6) is 0. The first-order valence-corrected chi connectivity index (χ1v) is 18.8. The molecule has 0 saturated carbocycles. The van der Waals surface area contributed by atoms with E-state index in [0.29, 0.717) is 6.26 Å². The van der Waals surface area contributed by atoms with Gasteiger partial charge in [0.1, 0.15) is 0 Å². The van der Waals surface area contributed by atoms with Crippen LogP contribution < -0.4 is 21.2 Å². The standard InChI is InChI=1S/C31H35P2.CH4O3S/c1-33(30-22-12-6-13-23-30,31-24-14-7-15-25-31)27-17-3-2-16-26-32(28-18-8-4-9-19-28)29-20-10-5-11-21-29;1-5(2,3)4/h4-15,18-25H,2-3,16-17,26-27H2,1H3;1H3,(H,2,3,4)/q+1;/p-1. The third kappa shape index (κ3) is 10.1. The Labute approximate surface area is 231 Å². The lowest BCUT2D eigenvalue weighted by molar-refractivity contribution is 0.470. The highest BCUT2D eigenvalue weighted by molar-refractivity contribution is 7.88. The lowest BCUT2D eigenvalue weighted by Gasteiger charge is -2.23. The lowest BCUT2D eigenvalue weighted by Crippen LogP contribution is -2.23. The maximum Gasteiger partial charge on any atom is 0.0988 e. The normalized spacial score (nSPS) is 11.6. The van der Waals surface area contributed by atoms with Crippen LogP contribution in [0, 0.1) is 0 Å². The maximum absolute atomic E-state index is 9.08. The molecule has 0 N–H and O–H groups in total. The van der Waals surface area contributed by atoms with Crippen LogP contribution in [0.3, 0.4) is 0 Å². The van der Waals surface area contributed by atoms with Crippen molar-refractivity contribution in [3.63, 3.8) is 0 Å². The Morgan fingerprint density at radius 1 is 0.605 bits per heavy atom. The Hall–Kier alpha value is -2.35. The first-order valence-electron chi connectivity index (χ1n) is 13.0. The number of rotatable bonds is 11. The van der Waals surface area contributed by atoms with Crippen molar-refractivity contribution < 1.29 is 13.0 Å². The Balaban J connectivity index is 0.000000732. The molecule has 4 aromatic carbocycles. The SMILES string of the molecule is CS(=O)(=O)[O-].C[P+](CCCCCCP(c1ccccc1)c1ccccc1)(c1ccccc1)c1ccccc1. The molecule has 38 heavy (non-hydrogen) atoms. The van der Waals surface area contributed by atoms with Crippen LogP contribution >= 0.6 is 15.2 Å². The molecule has 0 spiro atoms. The van der Waals surface area contributed by atoms with Gasteiger partial charge in [-0.15, -0.1) is 0 Å². The molecule has 6 heteroatoms. The van der Waals surface area contributed by atoms with Gasteiger partial charge in [0, 0.05) is 6.26 Å². The van der Waals surface area contributed by atoms with E-state index in [1.54, 1.807) is 0 Å². The highest BCUT2D eigenvalue weighted by atomic mass is 32.2. The summed E-state index contributed by atoms with van der Waals surface area (Å²) in [5, 5.41) is 6.08. The van der Waals surface area contributed by atoms with E-state index in [0.717, 1.165) is 0 Å². The Morgan fingerprint density at radius 2 is 0.947 bits per heavy atom. The number of benzene rings is 4. The third-order valence-electron chi connectivity index (χ3n) is 6.52. The molecular formula is C32H38O3P2S. The van der Waals surface area contributed by atoms with Crippen LogP contribution in [0.25, 0.3) is 0 Å². The fraction of sp³-hybridized carbons (Fsp3) is 0.250. The molecule has 0 bridgehead atoms. The molecule has 0 amide bonds. The minimum absolute atomic E-state index is 0.260. The molecule has 0 radical (unpaired) electrons. The number of hydrogen-bond donors (Lipinski definition) is 0. The molecular weight excluding hydrogens is 526 g/mol. The van der Waals surface area contributed by atoms with E-state index >= 15 is 0 Å². The van der Waals surface area contributed by atoms with Crippen molar-refractivity contribution in [1.82, 2.24) is 0 Å². The van der Waals surface area contributed by atoms with E-state index in [1.165, 1.54) is 59.2 Å². The second-order valence-corrected chi connectivity index (χ2v) is 17.1. The molecule has 3 nitrogen and oxygen atoms in total. The van der Waals surface area contributed by atoms with Gasteiger partial charge in [0.05, 0.1) is 40.8 Å². The smallest absolute Gasteiger partial charge is 0.0988 e. The van der Waals surface area contributed by atoms with Crippen molar-refractivity contribution in [1.29, 1.82) is 0 Å². The summed E-state index contributed by atoms with van der Waals surface area (Å²) in [6, 6.07) is 44.7. The number of hydrogen-bond acceptors (Lipinski definition) is 3. The second-order valence-electron chi connectivity index (χ2n) is 9.53. The summed E-state index contributed by atoms with van der Waals surface area (Å²) >= 11 is 0. The van der Waals surface area contributed by atoms with Crippen molar-refractivity contribution in [2.75, 3.05) is 25.2 Å². The summed E-state index contributed by atoms with van der Waals surface area (Å²) in [4.78, 5) is 0. The molecule has 0 atom stereocenters. The number of unbranched alkanes of at least 4 members (excludes halogenated alkanes) is 3. The predicted octanol–water partition coefficient (Wildman–Crippen LogP) is 6.14. The molecule has 0 heterocycles. The van der Waals surface area contributed by atoms with Crippen molar-refractivity contribution >= 4 is 46.5 Å². The molecule has 0 aliphatic carbocycles. The minimum Gasteiger partial charge on any atom is -0.748 e. The van der Waals surface area contributed by atoms with Gasteiger partial charge in [-0.05, 0) is 68.2 Å². The van der Waals surface area contributed by atoms with Crippen LogP contribution in [-0.4, -0.2) is 38.2 Å². The van der Waals surface area contributed by atoms with E-state index in [-0.39, 0.29) is 7.92 Å². The zero-order valence-electron chi connectivity index (χ0n) is 22.3. The molecule has 200 valence electrons. The quantitative estimate of drug-likeness (QED) is 0.125. The lowest BCUT2D eigenvalue weighted by atomic mass is 10.2. The average molecular weight is 565 g/mol. The fourth-order valence-corrected chi connectivity index (χ4v) is 10.3. The van der Waals surface area contributed by atoms with Gasteiger partial charge in [-0.3, -0.25) is 0 Å². The van der Waals surface area contributed by atoms with Crippen molar-refractivity contribution in [2.24, 2.45) is 0 Å². The van der Waals surface area contributed by atoms with Crippen LogP contribution in [0.5, 0.6) is 0 Å². The van der Waals surface area contributed by atoms with Crippen LogP contribution in [0.1, 0.15) is 25.7 Å². The van der Waals surface area contributed by atoms with Crippen LogP contribution in [0.2, 0.25) is 0 Å². The van der Waals surface area contributed by atoms with Crippen LogP contribution in [-0.2, 0) is 10.1 Å². The first-order chi connectivity index (χ1) is 18.3. The van der Waals surface area contributed by atoms with Gasteiger partial charge in [0.15, 0.2) is 0 Å². The highest BCUT2D eigenvalue weighted by Crippen LogP contribution is 2.53. The summed E-state index contributed by atoms with van der Waals surface area (Å²) in [6.07, 6.45) is 8.45. The van der Waals surface area contributed by atoms with Crippen molar-refractivity contribution in [3.05, 3.63) is 121 Å². The first kappa shape index (κ1) is 30.2. The summed E-state index contributed by atoms with van der Waals surface area (Å²) < 4.78 is 27.2. The summed E-state index contributed by atoms with van der Waals surface area (Å²) in [6.45, 7) is 2.53. The Kier molecular flexibility index (Phi) is 12.2. The Bertz CT molecular complexity index is 1210. The van der Waals surface area contributed by atoms with E-state index in [2.05, 4.69) is 128 Å². The Morgan fingerprint density at radius 3 is 1.34 bits per heavy atom. The fourth-order valence-electron chi connectivity index (χ4n) is 4.60. The van der Waals surface area contributed by atoms with Gasteiger partial charge in [-0.2, -0.15) is 0 Å². The van der Waals surface area contributed by atoms with Gasteiger partial charge in [0.2, 0.25) is 0 Å². The van der Waals surface area contributed by atoms with E-state index in [9.17, 15) is 0 Å². The van der Waals surface area contributed by atoms with Crippen LogP contribution in [0.15, 0.2) is 121 Å². The van der Waals surface area contributed by atoms with Gasteiger partial charge in [-0.1, -0.05) is 103 Å². The molecule has 0 aromatic heterocycles.